The third kappa shape index (κ3) is 2.19. The summed E-state index contributed by atoms with van der Waals surface area (Å²) in [6.45, 7) is 2.08. The van der Waals surface area contributed by atoms with E-state index in [1.807, 2.05) is 24.0 Å². The topological polar surface area (TPSA) is 38.1 Å². The molecule has 0 radical (unpaired) electrons. The number of aliphatic hydroxyl groups is 1. The SMILES string of the molecule is Cc1ccc2c(c1)C(O)(CCc1ccnn1C)CC2. The Balaban J connectivity index is 1.82. The minimum Gasteiger partial charge on any atom is -0.385 e. The lowest BCUT2D eigenvalue weighted by molar-refractivity contribution is 0.0292. The number of nitrogens with zero attached hydrogens (tertiary/aromatic N) is 2. The maximum absolute atomic E-state index is 10.9. The van der Waals surface area contributed by atoms with Gasteiger partial charge in [0.05, 0.1) is 5.60 Å². The molecule has 0 amide bonds. The second-order valence-electron chi connectivity index (χ2n) is 5.64. The Bertz CT molecular complexity index is 603. The summed E-state index contributed by atoms with van der Waals surface area (Å²) in [4.78, 5) is 0. The lowest BCUT2D eigenvalue weighted by Gasteiger charge is -2.24. The van der Waals surface area contributed by atoms with Gasteiger partial charge in [0.1, 0.15) is 0 Å². The molecule has 1 heterocycles. The monoisotopic (exact) mass is 256 g/mol. The number of fused-ring (bicyclic) bond motifs is 1. The maximum atomic E-state index is 10.9. The molecule has 3 rings (SSSR count). The number of aryl methyl sites for hydroxylation is 4. The van der Waals surface area contributed by atoms with Gasteiger partial charge in [-0.15, -0.1) is 0 Å². The summed E-state index contributed by atoms with van der Waals surface area (Å²) in [5, 5.41) is 15.1. The highest BCUT2D eigenvalue weighted by molar-refractivity contribution is 5.40. The first kappa shape index (κ1) is 12.4. The summed E-state index contributed by atoms with van der Waals surface area (Å²) in [7, 11) is 1.95. The Morgan fingerprint density at radius 1 is 1.37 bits per heavy atom. The van der Waals surface area contributed by atoms with Crippen molar-refractivity contribution in [1.82, 2.24) is 9.78 Å². The normalized spacial score (nSPS) is 21.6. The molecule has 1 aliphatic carbocycles. The van der Waals surface area contributed by atoms with Gasteiger partial charge in [0.25, 0.3) is 0 Å². The summed E-state index contributed by atoms with van der Waals surface area (Å²) < 4.78 is 1.88. The van der Waals surface area contributed by atoms with Crippen molar-refractivity contribution in [1.29, 1.82) is 0 Å². The zero-order valence-electron chi connectivity index (χ0n) is 11.6. The Kier molecular flexibility index (Phi) is 2.94. The van der Waals surface area contributed by atoms with Gasteiger partial charge < -0.3 is 5.11 Å². The van der Waals surface area contributed by atoms with Crippen molar-refractivity contribution in [3.05, 3.63) is 52.8 Å². The number of rotatable bonds is 3. The number of hydrogen-bond donors (Lipinski definition) is 1. The van der Waals surface area contributed by atoms with E-state index in [0.29, 0.717) is 0 Å². The quantitative estimate of drug-likeness (QED) is 0.916. The average molecular weight is 256 g/mol. The largest absolute Gasteiger partial charge is 0.385 e. The molecule has 1 atom stereocenters. The van der Waals surface area contributed by atoms with Crippen LogP contribution in [0.1, 0.15) is 35.2 Å². The molecule has 3 nitrogen and oxygen atoms in total. The minimum atomic E-state index is -0.661. The van der Waals surface area contributed by atoms with Crippen molar-refractivity contribution in [3.63, 3.8) is 0 Å². The van der Waals surface area contributed by atoms with E-state index < -0.39 is 5.60 Å². The molecular weight excluding hydrogens is 236 g/mol. The van der Waals surface area contributed by atoms with E-state index in [0.717, 1.165) is 31.2 Å². The number of hydrogen-bond acceptors (Lipinski definition) is 2. The van der Waals surface area contributed by atoms with Gasteiger partial charge >= 0.3 is 0 Å². The summed E-state index contributed by atoms with van der Waals surface area (Å²) in [6.07, 6.45) is 5.26. The molecule has 2 aromatic rings. The minimum absolute atomic E-state index is 0.661. The molecule has 3 heteroatoms. The van der Waals surface area contributed by atoms with Gasteiger partial charge in [-0.3, -0.25) is 4.68 Å². The molecule has 1 unspecified atom stereocenters. The highest BCUT2D eigenvalue weighted by atomic mass is 16.3. The predicted octanol–water partition coefficient (Wildman–Crippen LogP) is 2.50. The zero-order valence-corrected chi connectivity index (χ0v) is 11.6. The summed E-state index contributed by atoms with van der Waals surface area (Å²) in [5.74, 6) is 0. The van der Waals surface area contributed by atoms with Crippen LogP contribution < -0.4 is 0 Å². The molecule has 0 aliphatic heterocycles. The summed E-state index contributed by atoms with van der Waals surface area (Å²) in [5.41, 5.74) is 4.17. The molecule has 0 bridgehead atoms. The standard InChI is InChI=1S/C16H20N2O/c1-12-3-4-13-5-8-16(19,15(13)11-12)9-6-14-7-10-17-18(14)2/h3-4,7,10-11,19H,5-6,8-9H2,1-2H3. The molecule has 0 saturated carbocycles. The smallest absolute Gasteiger partial charge is 0.0906 e. The van der Waals surface area contributed by atoms with E-state index >= 15 is 0 Å². The lowest BCUT2D eigenvalue weighted by Crippen LogP contribution is -2.23. The molecule has 1 N–H and O–H groups in total. The van der Waals surface area contributed by atoms with Gasteiger partial charge in [-0.2, -0.15) is 5.10 Å². The fourth-order valence-electron chi connectivity index (χ4n) is 3.06. The summed E-state index contributed by atoms with van der Waals surface area (Å²) >= 11 is 0. The van der Waals surface area contributed by atoms with E-state index in [4.69, 9.17) is 0 Å². The first-order chi connectivity index (χ1) is 9.08. The molecule has 1 aliphatic rings. The van der Waals surface area contributed by atoms with Crippen LogP contribution in [-0.2, 0) is 25.5 Å². The molecular formula is C16H20N2O. The lowest BCUT2D eigenvalue weighted by atomic mass is 9.89. The van der Waals surface area contributed by atoms with Crippen LogP contribution in [-0.4, -0.2) is 14.9 Å². The molecule has 1 aromatic carbocycles. The van der Waals surface area contributed by atoms with Crippen molar-refractivity contribution < 1.29 is 5.11 Å². The third-order valence-electron chi connectivity index (χ3n) is 4.29. The summed E-state index contributed by atoms with van der Waals surface area (Å²) in [6, 6.07) is 8.46. The van der Waals surface area contributed by atoms with Gasteiger partial charge in [-0.1, -0.05) is 23.8 Å². The first-order valence-electron chi connectivity index (χ1n) is 6.88. The van der Waals surface area contributed by atoms with Gasteiger partial charge in [0.2, 0.25) is 0 Å². The van der Waals surface area contributed by atoms with E-state index in [9.17, 15) is 5.11 Å². The van der Waals surface area contributed by atoms with Crippen LogP contribution in [0.25, 0.3) is 0 Å². The van der Waals surface area contributed by atoms with Crippen LogP contribution in [0, 0.1) is 6.92 Å². The highest BCUT2D eigenvalue weighted by Crippen LogP contribution is 2.40. The van der Waals surface area contributed by atoms with E-state index in [1.54, 1.807) is 0 Å². The second-order valence-corrected chi connectivity index (χ2v) is 5.64. The van der Waals surface area contributed by atoms with Crippen molar-refractivity contribution in [3.8, 4) is 0 Å². The van der Waals surface area contributed by atoms with Gasteiger partial charge in [0, 0.05) is 18.9 Å². The molecule has 0 saturated heterocycles. The molecule has 0 fully saturated rings. The van der Waals surface area contributed by atoms with Crippen molar-refractivity contribution in [2.24, 2.45) is 7.05 Å². The van der Waals surface area contributed by atoms with Gasteiger partial charge in [-0.25, -0.2) is 0 Å². The van der Waals surface area contributed by atoms with Crippen LogP contribution in [0.15, 0.2) is 30.5 Å². The predicted molar refractivity (Wildman–Crippen MR) is 74.9 cm³/mol. The Labute approximate surface area is 113 Å². The van der Waals surface area contributed by atoms with Crippen LogP contribution in [0.4, 0.5) is 0 Å². The molecule has 100 valence electrons. The first-order valence-corrected chi connectivity index (χ1v) is 6.88. The van der Waals surface area contributed by atoms with Crippen molar-refractivity contribution >= 4 is 0 Å². The van der Waals surface area contributed by atoms with Crippen LogP contribution in [0.2, 0.25) is 0 Å². The molecule has 1 aromatic heterocycles. The Morgan fingerprint density at radius 3 is 2.95 bits per heavy atom. The van der Waals surface area contributed by atoms with Gasteiger partial charge in [-0.05, 0) is 49.8 Å². The number of aromatic nitrogens is 2. The number of benzene rings is 1. The molecule has 19 heavy (non-hydrogen) atoms. The van der Waals surface area contributed by atoms with E-state index in [1.165, 1.54) is 16.8 Å². The van der Waals surface area contributed by atoms with Crippen LogP contribution in [0.5, 0.6) is 0 Å². The van der Waals surface area contributed by atoms with Crippen molar-refractivity contribution in [2.45, 2.75) is 38.2 Å². The third-order valence-corrected chi connectivity index (χ3v) is 4.29. The van der Waals surface area contributed by atoms with Crippen LogP contribution in [0.3, 0.4) is 0 Å². The van der Waals surface area contributed by atoms with E-state index in [-0.39, 0.29) is 0 Å². The Hall–Kier alpha value is -1.61. The maximum Gasteiger partial charge on any atom is 0.0906 e. The molecule has 0 spiro atoms. The van der Waals surface area contributed by atoms with Gasteiger partial charge in [0.15, 0.2) is 0 Å². The Morgan fingerprint density at radius 2 is 2.21 bits per heavy atom. The van der Waals surface area contributed by atoms with Crippen LogP contribution >= 0.6 is 0 Å². The zero-order chi connectivity index (χ0) is 13.5. The fourth-order valence-corrected chi connectivity index (χ4v) is 3.06. The average Bonchev–Trinajstić information content (AvgIpc) is 2.93. The highest BCUT2D eigenvalue weighted by Gasteiger charge is 2.36. The fraction of sp³-hybridized carbons (Fsp3) is 0.438. The second kappa shape index (κ2) is 4.49. The van der Waals surface area contributed by atoms with Crippen molar-refractivity contribution in [2.75, 3.05) is 0 Å². The van der Waals surface area contributed by atoms with E-state index in [2.05, 4.69) is 30.2 Å².